The molecule has 0 unspecified atom stereocenters. The lowest BCUT2D eigenvalue weighted by molar-refractivity contribution is 0.0630. The van der Waals surface area contributed by atoms with Crippen molar-refractivity contribution >= 4 is 34.6 Å². The number of aromatic amines is 1. The fraction of sp³-hybridized carbons (Fsp3) is 0.444. The maximum absolute atomic E-state index is 14.1. The number of ether oxygens (including phenoxy) is 1. The SMILES string of the molecule is CC(C)(C)[Si](C)(C)OC[C@@H]1C(O[Si](C)(C)C(C)(C)C)=C[C@H](c2cnc(NC(=O)c3ccccc3)[nH]c2=O)N1C(=O)OCc1ccccc1. The zero-order valence-corrected chi connectivity index (χ0v) is 31.8. The number of rotatable bonds is 10. The third kappa shape index (κ3) is 8.52. The first kappa shape index (κ1) is 36.8. The van der Waals surface area contributed by atoms with Gasteiger partial charge in [0.05, 0.1) is 18.2 Å². The predicted octanol–water partition coefficient (Wildman–Crippen LogP) is 8.01. The Balaban J connectivity index is 1.75. The van der Waals surface area contributed by atoms with Gasteiger partial charge in [-0.2, -0.15) is 0 Å². The molecule has 48 heavy (non-hydrogen) atoms. The molecule has 0 bridgehead atoms. The fourth-order valence-electron chi connectivity index (χ4n) is 4.62. The van der Waals surface area contributed by atoms with E-state index in [1.54, 1.807) is 24.3 Å². The van der Waals surface area contributed by atoms with Crippen LogP contribution in [0.5, 0.6) is 0 Å². The Labute approximate surface area is 286 Å². The Bertz CT molecular complexity index is 1680. The van der Waals surface area contributed by atoms with Crippen LogP contribution in [-0.4, -0.2) is 56.2 Å². The smallest absolute Gasteiger partial charge is 0.411 e. The van der Waals surface area contributed by atoms with Gasteiger partial charge in [0.15, 0.2) is 8.32 Å². The molecule has 1 aliphatic rings. The molecular weight excluding hydrogens is 641 g/mol. The van der Waals surface area contributed by atoms with Crippen LogP contribution in [-0.2, 0) is 20.2 Å². The molecule has 2 aromatic carbocycles. The number of carbonyl (C=O) groups is 2. The molecule has 0 saturated heterocycles. The van der Waals surface area contributed by atoms with Gasteiger partial charge >= 0.3 is 6.09 Å². The van der Waals surface area contributed by atoms with E-state index < -0.39 is 46.3 Å². The average Bonchev–Trinajstić information content (AvgIpc) is 3.35. The van der Waals surface area contributed by atoms with Crippen molar-refractivity contribution in [2.24, 2.45) is 0 Å². The normalized spacial score (nSPS) is 17.1. The number of H-pyrrole nitrogens is 1. The van der Waals surface area contributed by atoms with Gasteiger partial charge in [-0.05, 0) is 60.0 Å². The monoisotopic (exact) mass is 690 g/mol. The van der Waals surface area contributed by atoms with Crippen LogP contribution in [0.25, 0.3) is 0 Å². The second-order valence-electron chi connectivity index (χ2n) is 15.2. The molecule has 0 saturated carbocycles. The zero-order valence-electron chi connectivity index (χ0n) is 29.8. The van der Waals surface area contributed by atoms with Crippen molar-refractivity contribution in [2.45, 2.75) is 96.5 Å². The lowest BCUT2D eigenvalue weighted by atomic mass is 10.1. The van der Waals surface area contributed by atoms with Crippen LogP contribution < -0.4 is 10.9 Å². The molecule has 2 atom stereocenters. The Morgan fingerprint density at radius 3 is 2.04 bits per heavy atom. The van der Waals surface area contributed by atoms with Crippen molar-refractivity contribution in [3.63, 3.8) is 0 Å². The molecule has 3 aromatic rings. The molecule has 2 heterocycles. The minimum absolute atomic E-state index is 0.00617. The molecule has 2 N–H and O–H groups in total. The van der Waals surface area contributed by atoms with Gasteiger partial charge in [-0.25, -0.2) is 9.78 Å². The molecule has 0 spiro atoms. The maximum atomic E-state index is 14.1. The highest BCUT2D eigenvalue weighted by Gasteiger charge is 2.48. The van der Waals surface area contributed by atoms with Gasteiger partial charge in [-0.15, -0.1) is 0 Å². The van der Waals surface area contributed by atoms with E-state index in [4.69, 9.17) is 13.6 Å². The van der Waals surface area contributed by atoms with E-state index in [1.807, 2.05) is 42.5 Å². The summed E-state index contributed by atoms with van der Waals surface area (Å²) < 4.78 is 19.5. The quantitative estimate of drug-likeness (QED) is 0.207. The largest absolute Gasteiger partial charge is 0.545 e. The number of aromatic nitrogens is 2. The van der Waals surface area contributed by atoms with Gasteiger partial charge in [0.25, 0.3) is 11.5 Å². The highest BCUT2D eigenvalue weighted by atomic mass is 28.4. The van der Waals surface area contributed by atoms with Gasteiger partial charge in [0.2, 0.25) is 14.3 Å². The van der Waals surface area contributed by atoms with Gasteiger partial charge < -0.3 is 13.6 Å². The average molecular weight is 691 g/mol. The Morgan fingerprint density at radius 2 is 1.48 bits per heavy atom. The summed E-state index contributed by atoms with van der Waals surface area (Å²) in [5.74, 6) is 0.155. The van der Waals surface area contributed by atoms with Crippen molar-refractivity contribution in [2.75, 3.05) is 11.9 Å². The van der Waals surface area contributed by atoms with E-state index in [0.29, 0.717) is 11.3 Å². The lowest BCUT2D eigenvalue weighted by Gasteiger charge is -2.41. The number of hydrogen-bond donors (Lipinski definition) is 2. The molecule has 12 heteroatoms. The molecule has 0 aliphatic carbocycles. The van der Waals surface area contributed by atoms with Crippen molar-refractivity contribution in [1.29, 1.82) is 0 Å². The second-order valence-corrected chi connectivity index (χ2v) is 24.8. The standard InChI is InChI=1S/C36H50N4O6Si2/c1-35(2,3)47(7,8)45-24-29-30(46-48(9,10)36(4,5)6)21-28(40(29)34(43)44-23-25-17-13-11-14-18-25)27-22-37-33(39-32(27)42)38-31(41)26-19-15-12-16-20-26/h11-22,28-29H,23-24H2,1-10H3,(H2,37,38,39,41,42)/t28-,29-/m1/s1. The molecule has 10 nitrogen and oxygen atoms in total. The van der Waals surface area contributed by atoms with Crippen molar-refractivity contribution < 1.29 is 23.2 Å². The van der Waals surface area contributed by atoms with Crippen molar-refractivity contribution in [3.8, 4) is 0 Å². The number of benzene rings is 2. The number of amides is 2. The highest BCUT2D eigenvalue weighted by molar-refractivity contribution is 6.74. The minimum Gasteiger partial charge on any atom is -0.545 e. The van der Waals surface area contributed by atoms with E-state index in [2.05, 4.69) is 83.0 Å². The van der Waals surface area contributed by atoms with Gasteiger partial charge in [-0.1, -0.05) is 90.1 Å². The summed E-state index contributed by atoms with van der Waals surface area (Å²) >= 11 is 0. The summed E-state index contributed by atoms with van der Waals surface area (Å²) in [6, 6.07) is 16.6. The van der Waals surface area contributed by atoms with E-state index in [-0.39, 0.29) is 34.8 Å². The lowest BCUT2D eigenvalue weighted by Crippen LogP contribution is -2.49. The predicted molar refractivity (Wildman–Crippen MR) is 194 cm³/mol. The number of carbonyl (C=O) groups excluding carboxylic acids is 2. The number of nitrogens with one attached hydrogen (secondary N) is 2. The molecule has 4 rings (SSSR count). The first-order valence-electron chi connectivity index (χ1n) is 16.3. The highest BCUT2D eigenvalue weighted by Crippen LogP contribution is 2.44. The summed E-state index contributed by atoms with van der Waals surface area (Å²) in [5.41, 5.74) is 0.954. The Hall–Kier alpha value is -4.01. The van der Waals surface area contributed by atoms with Gasteiger partial charge in [0, 0.05) is 11.8 Å². The molecule has 1 aromatic heterocycles. The van der Waals surface area contributed by atoms with E-state index >= 15 is 0 Å². The zero-order chi connectivity index (χ0) is 35.5. The van der Waals surface area contributed by atoms with E-state index in [1.165, 1.54) is 11.1 Å². The van der Waals surface area contributed by atoms with Gasteiger partial charge in [-0.3, -0.25) is 24.8 Å². The Kier molecular flexibility index (Phi) is 10.9. The molecule has 1 aliphatic heterocycles. The first-order chi connectivity index (χ1) is 22.3. The van der Waals surface area contributed by atoms with E-state index in [0.717, 1.165) is 5.56 Å². The van der Waals surface area contributed by atoms with Crippen LogP contribution in [0.4, 0.5) is 10.7 Å². The van der Waals surface area contributed by atoms with Gasteiger partial charge in [0.1, 0.15) is 18.4 Å². The van der Waals surface area contributed by atoms with Crippen molar-refractivity contribution in [3.05, 3.63) is 106 Å². The first-order valence-corrected chi connectivity index (χ1v) is 22.1. The van der Waals surface area contributed by atoms with Crippen LogP contribution >= 0.6 is 0 Å². The van der Waals surface area contributed by atoms with Crippen LogP contribution in [0.15, 0.2) is 83.5 Å². The second kappa shape index (κ2) is 14.2. The number of hydrogen-bond acceptors (Lipinski definition) is 7. The third-order valence-electron chi connectivity index (χ3n) is 9.70. The maximum Gasteiger partial charge on any atom is 0.411 e. The van der Waals surface area contributed by atoms with Crippen LogP contribution in [0, 0.1) is 0 Å². The number of anilines is 1. The van der Waals surface area contributed by atoms with E-state index in [9.17, 15) is 14.4 Å². The van der Waals surface area contributed by atoms with Crippen LogP contribution in [0.1, 0.15) is 69.1 Å². The molecule has 2 amide bonds. The van der Waals surface area contributed by atoms with Crippen LogP contribution in [0.2, 0.25) is 36.3 Å². The minimum atomic E-state index is -2.40. The third-order valence-corrected chi connectivity index (χ3v) is 18.6. The summed E-state index contributed by atoms with van der Waals surface area (Å²) in [7, 11) is -4.67. The summed E-state index contributed by atoms with van der Waals surface area (Å²) in [4.78, 5) is 49.1. The molecule has 0 fully saturated rings. The summed E-state index contributed by atoms with van der Waals surface area (Å²) in [6.07, 6.45) is 2.59. The number of nitrogens with zero attached hydrogens (tertiary/aromatic N) is 2. The molecule has 0 radical (unpaired) electrons. The van der Waals surface area contributed by atoms with Crippen LogP contribution in [0.3, 0.4) is 0 Å². The Morgan fingerprint density at radius 1 is 0.896 bits per heavy atom. The molecular formula is C36H50N4O6Si2. The molecule has 258 valence electrons. The fourth-order valence-corrected chi connectivity index (χ4v) is 6.72. The van der Waals surface area contributed by atoms with Crippen molar-refractivity contribution in [1.82, 2.24) is 14.9 Å². The summed E-state index contributed by atoms with van der Waals surface area (Å²) in [5, 5.41) is 2.44. The topological polar surface area (TPSA) is 123 Å². The summed E-state index contributed by atoms with van der Waals surface area (Å²) in [6.45, 7) is 21.8.